The number of hydrogen-bond donors (Lipinski definition) is 1. The maximum absolute atomic E-state index is 5.61. The highest BCUT2D eigenvalue weighted by Crippen LogP contribution is 2.34. The number of aryl methyl sites for hydroxylation is 1. The van der Waals surface area contributed by atoms with E-state index in [4.69, 9.17) is 9.52 Å². The minimum Gasteiger partial charge on any atom is -0.463 e. The average Bonchev–Trinajstić information content (AvgIpc) is 3.17. The van der Waals surface area contributed by atoms with Crippen LogP contribution in [0.2, 0.25) is 0 Å². The zero-order valence-corrected chi connectivity index (χ0v) is 13.4. The van der Waals surface area contributed by atoms with Crippen LogP contribution in [0, 0.1) is 0 Å². The van der Waals surface area contributed by atoms with E-state index in [9.17, 15) is 0 Å². The van der Waals surface area contributed by atoms with E-state index in [0.717, 1.165) is 42.3 Å². The van der Waals surface area contributed by atoms with Crippen molar-refractivity contribution in [3.05, 3.63) is 53.8 Å². The number of nitrogens with one attached hydrogen (secondary N) is 1. The van der Waals surface area contributed by atoms with Gasteiger partial charge in [-0.15, -0.1) is 0 Å². The van der Waals surface area contributed by atoms with Crippen LogP contribution in [0.5, 0.6) is 0 Å². The molecule has 4 heteroatoms. The van der Waals surface area contributed by atoms with Crippen molar-refractivity contribution < 1.29 is 4.42 Å². The lowest BCUT2D eigenvalue weighted by atomic mass is 10.1. The molecule has 0 unspecified atom stereocenters. The van der Waals surface area contributed by atoms with Crippen molar-refractivity contribution in [2.24, 2.45) is 0 Å². The summed E-state index contributed by atoms with van der Waals surface area (Å²) in [6.07, 6.45) is 6.15. The van der Waals surface area contributed by atoms with E-state index in [-0.39, 0.29) is 0 Å². The molecule has 0 saturated heterocycles. The third kappa shape index (κ3) is 2.54. The summed E-state index contributed by atoms with van der Waals surface area (Å²) >= 11 is 0. The summed E-state index contributed by atoms with van der Waals surface area (Å²) in [6.45, 7) is 3.16. The molecule has 4 nitrogen and oxygen atoms in total. The second-order valence-electron chi connectivity index (χ2n) is 5.97. The quantitative estimate of drug-likeness (QED) is 0.777. The Bertz CT molecular complexity index is 785. The molecule has 0 aliphatic carbocycles. The molecule has 3 aromatic rings. The van der Waals surface area contributed by atoms with Gasteiger partial charge in [-0.05, 0) is 55.5 Å². The number of aromatic nitrogens is 2. The first kappa shape index (κ1) is 14.1. The van der Waals surface area contributed by atoms with Gasteiger partial charge >= 0.3 is 0 Å². The Kier molecular flexibility index (Phi) is 3.66. The van der Waals surface area contributed by atoms with Gasteiger partial charge in [-0.25, -0.2) is 4.68 Å². The lowest BCUT2D eigenvalue weighted by molar-refractivity contribution is 0.578. The molecule has 1 aliphatic rings. The van der Waals surface area contributed by atoms with Crippen LogP contribution in [0.15, 0.2) is 47.1 Å². The lowest BCUT2D eigenvalue weighted by Crippen LogP contribution is -2.07. The van der Waals surface area contributed by atoms with Gasteiger partial charge in [-0.1, -0.05) is 19.1 Å². The van der Waals surface area contributed by atoms with Crippen molar-refractivity contribution >= 4 is 5.82 Å². The van der Waals surface area contributed by atoms with Crippen LogP contribution in [0.4, 0.5) is 5.82 Å². The van der Waals surface area contributed by atoms with E-state index in [0.29, 0.717) is 0 Å². The number of hydrogen-bond acceptors (Lipinski definition) is 3. The molecule has 0 saturated carbocycles. The second-order valence-corrected chi connectivity index (χ2v) is 5.97. The molecule has 0 atom stereocenters. The number of benzene rings is 1. The molecule has 118 valence electrons. The van der Waals surface area contributed by atoms with Crippen LogP contribution in [0.25, 0.3) is 17.1 Å². The molecule has 0 amide bonds. The smallest absolute Gasteiger partial charge is 0.154 e. The van der Waals surface area contributed by atoms with Crippen molar-refractivity contribution in [3.8, 4) is 17.1 Å². The van der Waals surface area contributed by atoms with Gasteiger partial charge in [0.05, 0.1) is 12.0 Å². The van der Waals surface area contributed by atoms with E-state index in [1.165, 1.54) is 24.0 Å². The molecule has 0 fully saturated rings. The largest absolute Gasteiger partial charge is 0.463 e. The fourth-order valence-corrected chi connectivity index (χ4v) is 3.17. The Morgan fingerprint density at radius 2 is 2.04 bits per heavy atom. The highest BCUT2D eigenvalue weighted by Gasteiger charge is 2.22. The third-order valence-corrected chi connectivity index (χ3v) is 4.47. The normalized spacial score (nSPS) is 14.1. The van der Waals surface area contributed by atoms with Crippen LogP contribution in [0.1, 0.15) is 30.9 Å². The summed E-state index contributed by atoms with van der Waals surface area (Å²) in [7, 11) is 0. The predicted molar refractivity (Wildman–Crippen MR) is 92.1 cm³/mol. The lowest BCUT2D eigenvalue weighted by Gasteiger charge is -2.09. The topological polar surface area (TPSA) is 43.0 Å². The third-order valence-electron chi connectivity index (χ3n) is 4.47. The molecule has 4 rings (SSSR count). The Morgan fingerprint density at radius 1 is 1.17 bits per heavy atom. The van der Waals surface area contributed by atoms with Crippen molar-refractivity contribution in [1.82, 2.24) is 9.78 Å². The molecule has 3 heterocycles. The van der Waals surface area contributed by atoms with Crippen molar-refractivity contribution in [3.63, 3.8) is 0 Å². The van der Waals surface area contributed by atoms with Gasteiger partial charge in [0.25, 0.3) is 0 Å². The SMILES string of the molecule is CCc1ccc(-n2nc(-c3ccco3)c3c2NCCCC3)cc1. The Labute approximate surface area is 136 Å². The second kappa shape index (κ2) is 5.95. The van der Waals surface area contributed by atoms with E-state index in [2.05, 4.69) is 36.5 Å². The van der Waals surface area contributed by atoms with Crippen LogP contribution < -0.4 is 5.32 Å². The van der Waals surface area contributed by atoms with E-state index >= 15 is 0 Å². The van der Waals surface area contributed by atoms with Crippen molar-refractivity contribution in [2.45, 2.75) is 32.6 Å². The Morgan fingerprint density at radius 3 is 2.78 bits per heavy atom. The summed E-state index contributed by atoms with van der Waals surface area (Å²) in [6, 6.07) is 12.5. The molecular formula is C19H21N3O. The minimum atomic E-state index is 0.842. The first-order valence-corrected chi connectivity index (χ1v) is 8.36. The summed E-state index contributed by atoms with van der Waals surface area (Å²) in [5, 5.41) is 8.42. The molecule has 0 radical (unpaired) electrons. The van der Waals surface area contributed by atoms with Crippen LogP contribution in [-0.4, -0.2) is 16.3 Å². The molecule has 1 N–H and O–H groups in total. The highest BCUT2D eigenvalue weighted by atomic mass is 16.3. The monoisotopic (exact) mass is 307 g/mol. The molecule has 23 heavy (non-hydrogen) atoms. The maximum Gasteiger partial charge on any atom is 0.154 e. The summed E-state index contributed by atoms with van der Waals surface area (Å²) in [5.41, 5.74) is 4.65. The van der Waals surface area contributed by atoms with Gasteiger partial charge in [0.1, 0.15) is 11.5 Å². The zero-order valence-electron chi connectivity index (χ0n) is 13.4. The van der Waals surface area contributed by atoms with E-state index in [1.807, 2.05) is 16.8 Å². The van der Waals surface area contributed by atoms with Gasteiger partial charge < -0.3 is 9.73 Å². The van der Waals surface area contributed by atoms with Gasteiger partial charge in [0.15, 0.2) is 5.76 Å². The summed E-state index contributed by atoms with van der Waals surface area (Å²) < 4.78 is 7.63. The highest BCUT2D eigenvalue weighted by molar-refractivity contribution is 5.68. The van der Waals surface area contributed by atoms with Gasteiger partial charge in [-0.3, -0.25) is 0 Å². The predicted octanol–water partition coefficient (Wildman–Crippen LogP) is 4.44. The van der Waals surface area contributed by atoms with E-state index in [1.54, 1.807) is 6.26 Å². The standard InChI is InChI=1S/C19H21N3O/c1-2-14-8-10-15(11-9-14)22-19-16(6-3-4-12-20-19)18(21-22)17-7-5-13-23-17/h5,7-11,13,20H,2-4,6,12H2,1H3. The summed E-state index contributed by atoms with van der Waals surface area (Å²) in [5.74, 6) is 1.95. The first-order chi connectivity index (χ1) is 11.4. The summed E-state index contributed by atoms with van der Waals surface area (Å²) in [4.78, 5) is 0. The zero-order chi connectivity index (χ0) is 15.6. The van der Waals surface area contributed by atoms with Crippen molar-refractivity contribution in [2.75, 3.05) is 11.9 Å². The van der Waals surface area contributed by atoms with Crippen LogP contribution in [0.3, 0.4) is 0 Å². The first-order valence-electron chi connectivity index (χ1n) is 8.36. The molecule has 2 aromatic heterocycles. The van der Waals surface area contributed by atoms with Crippen molar-refractivity contribution in [1.29, 1.82) is 0 Å². The molecule has 0 spiro atoms. The Hall–Kier alpha value is -2.49. The number of fused-ring (bicyclic) bond motifs is 1. The van der Waals surface area contributed by atoms with E-state index < -0.39 is 0 Å². The fourth-order valence-electron chi connectivity index (χ4n) is 3.17. The molecular weight excluding hydrogens is 286 g/mol. The molecule has 1 aliphatic heterocycles. The number of furan rings is 1. The van der Waals surface area contributed by atoms with Crippen LogP contribution in [-0.2, 0) is 12.8 Å². The number of nitrogens with zero attached hydrogens (tertiary/aromatic N) is 2. The maximum atomic E-state index is 5.61. The number of rotatable bonds is 3. The van der Waals surface area contributed by atoms with Gasteiger partial charge in [-0.2, -0.15) is 5.10 Å². The molecule has 1 aromatic carbocycles. The van der Waals surface area contributed by atoms with Gasteiger partial charge in [0.2, 0.25) is 0 Å². The van der Waals surface area contributed by atoms with Gasteiger partial charge in [0, 0.05) is 12.1 Å². The minimum absolute atomic E-state index is 0.842. The number of anilines is 1. The van der Waals surface area contributed by atoms with Crippen LogP contribution >= 0.6 is 0 Å². The average molecular weight is 307 g/mol. The Balaban J connectivity index is 1.85. The molecule has 0 bridgehead atoms. The fraction of sp³-hybridized carbons (Fsp3) is 0.316.